The lowest BCUT2D eigenvalue weighted by Crippen LogP contribution is -2.39. The SMILES string of the molecule is COc1cc(-c2ccc(Cl)c(C#N)c2)c(F)cc1-n1c2c(ccc1=O)CN(S(=O)(=O)Cc1ccon1)CC2. The van der Waals surface area contributed by atoms with Crippen LogP contribution in [0, 0.1) is 17.1 Å². The minimum Gasteiger partial charge on any atom is -0.495 e. The molecule has 5 rings (SSSR count). The van der Waals surface area contributed by atoms with Crippen LogP contribution < -0.4 is 10.3 Å². The quantitative estimate of drug-likeness (QED) is 0.353. The van der Waals surface area contributed by atoms with Gasteiger partial charge < -0.3 is 9.26 Å². The summed E-state index contributed by atoms with van der Waals surface area (Å²) in [6.45, 7) is 0.168. The molecule has 194 valence electrons. The molecule has 0 N–H and O–H groups in total. The highest BCUT2D eigenvalue weighted by Gasteiger charge is 2.30. The zero-order chi connectivity index (χ0) is 27.0. The van der Waals surface area contributed by atoms with Crippen molar-refractivity contribution in [3.8, 4) is 28.6 Å². The summed E-state index contributed by atoms with van der Waals surface area (Å²) in [7, 11) is -2.29. The number of sulfonamides is 1. The molecule has 4 aromatic rings. The molecule has 0 atom stereocenters. The number of pyridine rings is 1. The van der Waals surface area contributed by atoms with Crippen molar-refractivity contribution in [2.75, 3.05) is 13.7 Å². The van der Waals surface area contributed by atoms with Gasteiger partial charge in [-0.25, -0.2) is 12.8 Å². The number of benzene rings is 2. The molecule has 0 unspecified atom stereocenters. The highest BCUT2D eigenvalue weighted by atomic mass is 35.5. The first-order chi connectivity index (χ1) is 18.2. The van der Waals surface area contributed by atoms with E-state index in [1.54, 1.807) is 12.1 Å². The molecule has 12 heteroatoms. The lowest BCUT2D eigenvalue weighted by molar-refractivity contribution is 0.379. The van der Waals surface area contributed by atoms with Crippen LogP contribution in [0.3, 0.4) is 0 Å². The van der Waals surface area contributed by atoms with Gasteiger partial charge in [-0.05, 0) is 29.3 Å². The number of hydrogen-bond acceptors (Lipinski definition) is 7. The molecule has 2 aromatic heterocycles. The van der Waals surface area contributed by atoms with E-state index < -0.39 is 21.4 Å². The molecule has 1 aliphatic rings. The molecule has 38 heavy (non-hydrogen) atoms. The van der Waals surface area contributed by atoms with E-state index in [-0.39, 0.29) is 52.8 Å². The molecule has 3 heterocycles. The van der Waals surface area contributed by atoms with Crippen molar-refractivity contribution in [2.45, 2.75) is 18.7 Å². The third-order valence-electron chi connectivity index (χ3n) is 6.35. The van der Waals surface area contributed by atoms with Crippen LogP contribution in [0.1, 0.15) is 22.5 Å². The number of aromatic nitrogens is 2. The van der Waals surface area contributed by atoms with E-state index in [2.05, 4.69) is 5.16 Å². The number of halogens is 2. The average molecular weight is 555 g/mol. The van der Waals surface area contributed by atoms with Gasteiger partial charge in [0.2, 0.25) is 10.0 Å². The van der Waals surface area contributed by atoms with E-state index >= 15 is 4.39 Å². The van der Waals surface area contributed by atoms with Crippen molar-refractivity contribution in [1.82, 2.24) is 14.0 Å². The Morgan fingerprint density at radius 2 is 2.03 bits per heavy atom. The summed E-state index contributed by atoms with van der Waals surface area (Å²) in [5.74, 6) is -0.715. The van der Waals surface area contributed by atoms with Crippen LogP contribution in [-0.2, 0) is 28.7 Å². The Morgan fingerprint density at radius 1 is 1.21 bits per heavy atom. The van der Waals surface area contributed by atoms with E-state index in [1.807, 2.05) is 6.07 Å². The predicted molar refractivity (Wildman–Crippen MR) is 137 cm³/mol. The summed E-state index contributed by atoms with van der Waals surface area (Å²) in [5, 5.41) is 13.2. The van der Waals surface area contributed by atoms with Gasteiger partial charge in [0.25, 0.3) is 5.56 Å². The van der Waals surface area contributed by atoms with Gasteiger partial charge in [0.1, 0.15) is 29.7 Å². The zero-order valence-corrected chi connectivity index (χ0v) is 21.6. The highest BCUT2D eigenvalue weighted by Crippen LogP contribution is 2.35. The van der Waals surface area contributed by atoms with E-state index in [1.165, 1.54) is 58.6 Å². The van der Waals surface area contributed by atoms with Crippen LogP contribution in [0.4, 0.5) is 4.39 Å². The fourth-order valence-electron chi connectivity index (χ4n) is 4.51. The summed E-state index contributed by atoms with van der Waals surface area (Å²) in [5.41, 5.74) is 2.03. The Labute approximate surface area is 222 Å². The van der Waals surface area contributed by atoms with Crippen LogP contribution in [0.2, 0.25) is 5.02 Å². The molecule has 9 nitrogen and oxygen atoms in total. The van der Waals surface area contributed by atoms with Gasteiger partial charge >= 0.3 is 0 Å². The summed E-state index contributed by atoms with van der Waals surface area (Å²) < 4.78 is 54.3. The molecular formula is C26H20ClFN4O5S. The first kappa shape index (κ1) is 25.7. The first-order valence-electron chi connectivity index (χ1n) is 11.4. The highest BCUT2D eigenvalue weighted by molar-refractivity contribution is 7.88. The summed E-state index contributed by atoms with van der Waals surface area (Å²) in [6.07, 6.45) is 1.53. The Kier molecular flexibility index (Phi) is 6.79. The van der Waals surface area contributed by atoms with Crippen LogP contribution in [0.25, 0.3) is 16.8 Å². The average Bonchev–Trinajstić information content (AvgIpc) is 3.41. The van der Waals surface area contributed by atoms with Crippen molar-refractivity contribution in [1.29, 1.82) is 5.26 Å². The van der Waals surface area contributed by atoms with Gasteiger partial charge in [-0.2, -0.15) is 9.57 Å². The van der Waals surface area contributed by atoms with Crippen molar-refractivity contribution >= 4 is 21.6 Å². The third-order valence-corrected chi connectivity index (χ3v) is 8.44. The van der Waals surface area contributed by atoms with Crippen molar-refractivity contribution in [3.05, 3.63) is 98.5 Å². The summed E-state index contributed by atoms with van der Waals surface area (Å²) >= 11 is 6.02. The fourth-order valence-corrected chi connectivity index (χ4v) is 6.08. The molecule has 0 radical (unpaired) electrons. The predicted octanol–water partition coefficient (Wildman–Crippen LogP) is 4.05. The number of nitrogens with zero attached hydrogens (tertiary/aromatic N) is 4. The minimum absolute atomic E-state index is 0.0421. The minimum atomic E-state index is -3.69. The van der Waals surface area contributed by atoms with Crippen molar-refractivity contribution in [3.63, 3.8) is 0 Å². The molecule has 0 amide bonds. The maximum atomic E-state index is 15.4. The van der Waals surface area contributed by atoms with Gasteiger partial charge in [-0.3, -0.25) is 9.36 Å². The van der Waals surface area contributed by atoms with E-state index in [0.717, 1.165) is 0 Å². The smallest absolute Gasteiger partial charge is 0.255 e. The lowest BCUT2D eigenvalue weighted by atomic mass is 10.0. The third kappa shape index (κ3) is 4.69. The maximum Gasteiger partial charge on any atom is 0.255 e. The van der Waals surface area contributed by atoms with Crippen LogP contribution in [-0.4, -0.2) is 36.1 Å². The maximum absolute atomic E-state index is 15.4. The number of ether oxygens (including phenoxy) is 1. The van der Waals surface area contributed by atoms with Crippen LogP contribution >= 0.6 is 11.6 Å². The Balaban J connectivity index is 1.55. The zero-order valence-electron chi connectivity index (χ0n) is 20.0. The normalized spacial score (nSPS) is 13.6. The van der Waals surface area contributed by atoms with E-state index in [0.29, 0.717) is 22.5 Å². The standard InChI is InChI=1S/C26H20ClFN4O5S/c1-36-25-11-20(16-2-4-21(27)18(10-16)13-29)22(28)12-24(25)32-23-6-8-31(14-17(23)3-5-26(32)33)38(34,35)15-19-7-9-37-30-19/h2-5,7,9-12H,6,8,14-15H2,1H3. The Hall–Kier alpha value is -3.98. The molecule has 0 spiro atoms. The molecule has 0 bridgehead atoms. The second-order valence-corrected chi connectivity index (χ2v) is 11.0. The molecule has 0 fully saturated rings. The molecule has 1 aliphatic heterocycles. The second-order valence-electron chi connectivity index (χ2n) is 8.62. The number of hydrogen-bond donors (Lipinski definition) is 0. The molecule has 0 aliphatic carbocycles. The summed E-state index contributed by atoms with van der Waals surface area (Å²) in [6, 6.07) is 13.6. The number of rotatable bonds is 6. The van der Waals surface area contributed by atoms with Crippen molar-refractivity contribution < 1.29 is 22.1 Å². The Morgan fingerprint density at radius 3 is 2.74 bits per heavy atom. The van der Waals surface area contributed by atoms with Gasteiger partial charge in [-0.15, -0.1) is 0 Å². The molecule has 0 saturated carbocycles. The monoisotopic (exact) mass is 554 g/mol. The van der Waals surface area contributed by atoms with Gasteiger partial charge in [0.15, 0.2) is 0 Å². The Bertz CT molecular complexity index is 1750. The van der Waals surface area contributed by atoms with Gasteiger partial charge in [-0.1, -0.05) is 28.9 Å². The van der Waals surface area contributed by atoms with Crippen LogP contribution in [0.15, 0.2) is 64.1 Å². The number of nitriles is 1. The van der Waals surface area contributed by atoms with Gasteiger partial charge in [0, 0.05) is 49.0 Å². The fraction of sp³-hybridized carbons (Fsp3) is 0.192. The summed E-state index contributed by atoms with van der Waals surface area (Å²) in [4.78, 5) is 13.0. The first-order valence-corrected chi connectivity index (χ1v) is 13.4. The second kappa shape index (κ2) is 10.1. The van der Waals surface area contributed by atoms with Crippen molar-refractivity contribution in [2.24, 2.45) is 0 Å². The molecule has 0 saturated heterocycles. The van der Waals surface area contributed by atoms with E-state index in [9.17, 15) is 18.5 Å². The van der Waals surface area contributed by atoms with Crippen LogP contribution in [0.5, 0.6) is 5.75 Å². The molecular weight excluding hydrogens is 535 g/mol. The number of fused-ring (bicyclic) bond motifs is 1. The number of methoxy groups -OCH3 is 1. The molecule has 2 aromatic carbocycles. The topological polar surface area (TPSA) is 118 Å². The largest absolute Gasteiger partial charge is 0.495 e. The lowest BCUT2D eigenvalue weighted by Gasteiger charge is -2.30. The van der Waals surface area contributed by atoms with Gasteiger partial charge in [0.05, 0.1) is 29.1 Å². The van der Waals surface area contributed by atoms with E-state index in [4.69, 9.17) is 20.9 Å².